The van der Waals surface area contributed by atoms with Gasteiger partial charge in [-0.3, -0.25) is 9.10 Å². The lowest BCUT2D eigenvalue weighted by atomic mass is 10.2. The molecule has 0 heterocycles. The number of nitrogens with zero attached hydrogens (tertiary/aromatic N) is 2. The Morgan fingerprint density at radius 3 is 2.23 bits per heavy atom. The zero-order valence-corrected chi connectivity index (χ0v) is 20.4. The Labute approximate surface area is 206 Å². The number of hydrogen-bond acceptors (Lipinski definition) is 5. The zero-order valence-electron chi connectivity index (χ0n) is 19.5. The van der Waals surface area contributed by atoms with Crippen molar-refractivity contribution in [1.82, 2.24) is 4.90 Å². The summed E-state index contributed by atoms with van der Waals surface area (Å²) < 4.78 is 33.1. The van der Waals surface area contributed by atoms with Gasteiger partial charge in [-0.15, -0.1) is 6.58 Å². The summed E-state index contributed by atoms with van der Waals surface area (Å²) in [6, 6.07) is 23.7. The molecule has 0 radical (unpaired) electrons. The van der Waals surface area contributed by atoms with E-state index in [-0.39, 0.29) is 22.9 Å². The van der Waals surface area contributed by atoms with E-state index in [1.807, 2.05) is 37.3 Å². The monoisotopic (exact) mass is 492 g/mol. The number of likely N-dealkylation sites (N-methyl/N-ethyl adjacent to an activating group) is 1. The van der Waals surface area contributed by atoms with Crippen LogP contribution in [0.3, 0.4) is 0 Å². The van der Waals surface area contributed by atoms with Crippen LogP contribution in [-0.2, 0) is 26.1 Å². The fourth-order valence-electron chi connectivity index (χ4n) is 3.45. The van der Waals surface area contributed by atoms with Crippen molar-refractivity contribution in [3.63, 3.8) is 0 Å². The van der Waals surface area contributed by atoms with Crippen molar-refractivity contribution in [1.29, 1.82) is 0 Å². The molecule has 182 valence electrons. The van der Waals surface area contributed by atoms with Gasteiger partial charge in [-0.1, -0.05) is 60.7 Å². The van der Waals surface area contributed by atoms with Gasteiger partial charge in [0.05, 0.1) is 22.7 Å². The number of benzene rings is 3. The summed E-state index contributed by atoms with van der Waals surface area (Å²) in [5, 5.41) is 0. The molecule has 0 saturated carbocycles. The molecule has 35 heavy (non-hydrogen) atoms. The molecule has 0 unspecified atom stereocenters. The summed E-state index contributed by atoms with van der Waals surface area (Å²) in [5.74, 6) is -1.11. The van der Waals surface area contributed by atoms with Crippen molar-refractivity contribution < 1.29 is 22.7 Å². The van der Waals surface area contributed by atoms with Gasteiger partial charge in [0, 0.05) is 13.1 Å². The molecule has 1 amide bonds. The van der Waals surface area contributed by atoms with Crippen LogP contribution in [-0.4, -0.2) is 44.9 Å². The number of sulfonamides is 1. The molecule has 0 aromatic heterocycles. The number of esters is 1. The largest absolute Gasteiger partial charge is 0.452 e. The van der Waals surface area contributed by atoms with Gasteiger partial charge < -0.3 is 9.64 Å². The fraction of sp³-hybridized carbons (Fsp3) is 0.185. The second-order valence-electron chi connectivity index (χ2n) is 7.66. The Morgan fingerprint density at radius 1 is 0.943 bits per heavy atom. The maximum atomic E-state index is 13.3. The number of carbonyl (C=O) groups is 2. The molecule has 0 aliphatic rings. The molecule has 0 spiro atoms. The number of hydrogen-bond donors (Lipinski definition) is 0. The van der Waals surface area contributed by atoms with E-state index in [1.54, 1.807) is 35.2 Å². The minimum Gasteiger partial charge on any atom is -0.452 e. The molecule has 3 aromatic carbocycles. The van der Waals surface area contributed by atoms with Gasteiger partial charge in [0.25, 0.3) is 15.9 Å². The van der Waals surface area contributed by atoms with E-state index in [0.29, 0.717) is 18.8 Å². The van der Waals surface area contributed by atoms with Gasteiger partial charge in [-0.05, 0) is 42.8 Å². The lowest BCUT2D eigenvalue weighted by Crippen LogP contribution is -2.34. The SMILES string of the molecule is C=CCN(c1ccccc1)S(=O)(=O)c1cccc(C(=O)OCC(=O)N(CC)Cc2ccccc2)c1. The molecular formula is C27H28N2O5S. The van der Waals surface area contributed by atoms with E-state index in [4.69, 9.17) is 4.74 Å². The van der Waals surface area contributed by atoms with Crippen molar-refractivity contribution >= 4 is 27.6 Å². The molecule has 0 aliphatic heterocycles. The minimum absolute atomic E-state index is 0.0385. The number of amides is 1. The number of para-hydroxylation sites is 1. The smallest absolute Gasteiger partial charge is 0.338 e. The van der Waals surface area contributed by atoms with Crippen LogP contribution in [0.5, 0.6) is 0 Å². The van der Waals surface area contributed by atoms with E-state index >= 15 is 0 Å². The highest BCUT2D eigenvalue weighted by atomic mass is 32.2. The molecule has 0 aliphatic carbocycles. The summed E-state index contributed by atoms with van der Waals surface area (Å²) in [4.78, 5) is 26.8. The fourth-order valence-corrected chi connectivity index (χ4v) is 4.93. The summed E-state index contributed by atoms with van der Waals surface area (Å²) in [7, 11) is -3.98. The molecule has 0 bridgehead atoms. The van der Waals surface area contributed by atoms with Crippen LogP contribution in [0.2, 0.25) is 0 Å². The Kier molecular flexibility index (Phi) is 8.80. The Morgan fingerprint density at radius 2 is 1.60 bits per heavy atom. The average molecular weight is 493 g/mol. The first-order chi connectivity index (χ1) is 16.9. The molecule has 3 rings (SSSR count). The van der Waals surface area contributed by atoms with Gasteiger partial charge in [0.15, 0.2) is 6.61 Å². The topological polar surface area (TPSA) is 84.0 Å². The van der Waals surface area contributed by atoms with Gasteiger partial charge in [-0.2, -0.15) is 0 Å². The second-order valence-corrected chi connectivity index (χ2v) is 9.52. The Hall–Kier alpha value is -3.91. The predicted molar refractivity (Wildman–Crippen MR) is 135 cm³/mol. The van der Waals surface area contributed by atoms with Crippen molar-refractivity contribution in [2.24, 2.45) is 0 Å². The molecule has 0 atom stereocenters. The van der Waals surface area contributed by atoms with Crippen LogP contribution >= 0.6 is 0 Å². The lowest BCUT2D eigenvalue weighted by molar-refractivity contribution is -0.134. The van der Waals surface area contributed by atoms with E-state index in [2.05, 4.69) is 6.58 Å². The number of anilines is 1. The van der Waals surface area contributed by atoms with Crippen LogP contribution in [0.25, 0.3) is 0 Å². The highest BCUT2D eigenvalue weighted by Crippen LogP contribution is 2.24. The number of ether oxygens (including phenoxy) is 1. The van der Waals surface area contributed by atoms with Crippen LogP contribution in [0, 0.1) is 0 Å². The Bertz CT molecular complexity index is 1260. The Balaban J connectivity index is 1.72. The van der Waals surface area contributed by atoms with E-state index in [9.17, 15) is 18.0 Å². The normalized spacial score (nSPS) is 10.9. The van der Waals surface area contributed by atoms with Crippen LogP contribution in [0.4, 0.5) is 5.69 Å². The first kappa shape index (κ1) is 25.7. The van der Waals surface area contributed by atoms with Crippen molar-refractivity contribution in [3.05, 3.63) is 109 Å². The first-order valence-electron chi connectivity index (χ1n) is 11.1. The van der Waals surface area contributed by atoms with Gasteiger partial charge >= 0.3 is 5.97 Å². The molecule has 0 fully saturated rings. The standard InChI is InChI=1S/C27H28N2O5S/c1-3-18-29(24-15-9-6-10-16-24)35(32,33)25-17-11-14-23(19-25)27(31)34-21-26(30)28(4-2)20-22-12-7-5-8-13-22/h3,5-17,19H,1,4,18,20-21H2,2H3. The quantitative estimate of drug-likeness (QED) is 0.295. The van der Waals surface area contributed by atoms with Crippen molar-refractivity contribution in [2.75, 3.05) is 24.0 Å². The summed E-state index contributed by atoms with van der Waals surface area (Å²) in [6.07, 6.45) is 1.49. The zero-order chi connectivity index (χ0) is 25.3. The van der Waals surface area contributed by atoms with Gasteiger partial charge in [0.2, 0.25) is 0 Å². The molecule has 0 saturated heterocycles. The molecule has 7 nitrogen and oxygen atoms in total. The maximum Gasteiger partial charge on any atom is 0.338 e. The van der Waals surface area contributed by atoms with Crippen molar-refractivity contribution in [2.45, 2.75) is 18.4 Å². The third-order valence-corrected chi connectivity index (χ3v) is 7.06. The number of carbonyl (C=O) groups excluding carboxylic acids is 2. The summed E-state index contributed by atoms with van der Waals surface area (Å²) in [5.41, 5.74) is 1.48. The number of rotatable bonds is 11. The van der Waals surface area contributed by atoms with Crippen molar-refractivity contribution in [3.8, 4) is 0 Å². The third kappa shape index (κ3) is 6.58. The van der Waals surface area contributed by atoms with E-state index in [1.165, 1.54) is 34.6 Å². The lowest BCUT2D eigenvalue weighted by Gasteiger charge is -2.23. The molecule has 0 N–H and O–H groups in total. The van der Waals surface area contributed by atoms with Gasteiger partial charge in [-0.25, -0.2) is 13.2 Å². The minimum atomic E-state index is -3.98. The molecule has 3 aromatic rings. The molecule has 8 heteroatoms. The predicted octanol–water partition coefficient (Wildman–Crippen LogP) is 4.27. The van der Waals surface area contributed by atoms with Crippen LogP contribution < -0.4 is 4.31 Å². The first-order valence-corrected chi connectivity index (χ1v) is 12.6. The van der Waals surface area contributed by atoms with Gasteiger partial charge in [0.1, 0.15) is 0 Å². The van der Waals surface area contributed by atoms with E-state index < -0.39 is 22.6 Å². The highest BCUT2D eigenvalue weighted by Gasteiger charge is 2.25. The second kappa shape index (κ2) is 12.0. The average Bonchev–Trinajstić information content (AvgIpc) is 2.89. The molecular weight excluding hydrogens is 464 g/mol. The van der Waals surface area contributed by atoms with E-state index in [0.717, 1.165) is 5.56 Å². The highest BCUT2D eigenvalue weighted by molar-refractivity contribution is 7.92. The summed E-state index contributed by atoms with van der Waals surface area (Å²) in [6.45, 7) is 5.97. The van der Waals surface area contributed by atoms with Crippen LogP contribution in [0.1, 0.15) is 22.8 Å². The maximum absolute atomic E-state index is 13.3. The summed E-state index contributed by atoms with van der Waals surface area (Å²) >= 11 is 0. The third-order valence-electron chi connectivity index (χ3n) is 5.27. The van der Waals surface area contributed by atoms with Crippen LogP contribution in [0.15, 0.2) is 102 Å².